The Balaban J connectivity index is 0.000000330. The molecular weight excluding hydrogens is 272 g/mol. The summed E-state index contributed by atoms with van der Waals surface area (Å²) in [5.74, 6) is 0.840. The Labute approximate surface area is 128 Å². The number of carbonyl (C=O) groups excluding carboxylic acids is 2. The number of ether oxygens (including phenoxy) is 3. The standard InChI is InChI=1S/C8H12O2.C6H12O2.C2H6O/c9-8-7-4-2-1-3-6(7)5-10-8;1-4-5(2)6(7)8-3;1-3-2/h6-7H,1-5H2;5H,4H2,1-3H3;1-2H3. The van der Waals surface area contributed by atoms with Crippen LogP contribution in [-0.2, 0) is 23.8 Å². The molecule has 2 fully saturated rings. The van der Waals surface area contributed by atoms with Gasteiger partial charge >= 0.3 is 11.9 Å². The van der Waals surface area contributed by atoms with Crippen molar-refractivity contribution in [2.45, 2.75) is 46.0 Å². The maximum absolute atomic E-state index is 11.0. The summed E-state index contributed by atoms with van der Waals surface area (Å²) in [5.41, 5.74) is 0. The van der Waals surface area contributed by atoms with Gasteiger partial charge in [0.2, 0.25) is 0 Å². The lowest BCUT2D eigenvalue weighted by Gasteiger charge is -2.19. The van der Waals surface area contributed by atoms with Gasteiger partial charge in [0.05, 0.1) is 25.6 Å². The first-order chi connectivity index (χ1) is 10.0. The van der Waals surface area contributed by atoms with Gasteiger partial charge in [0, 0.05) is 20.1 Å². The van der Waals surface area contributed by atoms with E-state index in [1.54, 1.807) is 14.2 Å². The Morgan fingerprint density at radius 1 is 1.29 bits per heavy atom. The van der Waals surface area contributed by atoms with E-state index in [1.165, 1.54) is 26.4 Å². The Bertz CT molecular complexity index is 303. The topological polar surface area (TPSA) is 61.8 Å². The Morgan fingerprint density at radius 3 is 2.29 bits per heavy atom. The van der Waals surface area contributed by atoms with Gasteiger partial charge in [-0.2, -0.15) is 0 Å². The Morgan fingerprint density at radius 2 is 1.86 bits per heavy atom. The predicted octanol–water partition coefficient (Wildman–Crippen LogP) is 2.82. The number of carbonyl (C=O) groups is 2. The SMILES string of the molecule is CCC(C)C(=O)OC.COC.O=C1OCC2CCCCC12. The maximum Gasteiger partial charge on any atom is 0.309 e. The van der Waals surface area contributed by atoms with Crippen LogP contribution in [0, 0.1) is 17.8 Å². The van der Waals surface area contributed by atoms with Crippen molar-refractivity contribution in [1.29, 1.82) is 0 Å². The number of rotatable bonds is 2. The van der Waals surface area contributed by atoms with E-state index >= 15 is 0 Å². The molecule has 1 heterocycles. The summed E-state index contributed by atoms with van der Waals surface area (Å²) in [6, 6.07) is 0. The molecule has 3 unspecified atom stereocenters. The van der Waals surface area contributed by atoms with Gasteiger partial charge in [-0.05, 0) is 19.3 Å². The second kappa shape index (κ2) is 11.5. The van der Waals surface area contributed by atoms with Gasteiger partial charge in [-0.15, -0.1) is 0 Å². The van der Waals surface area contributed by atoms with Gasteiger partial charge in [-0.25, -0.2) is 0 Å². The largest absolute Gasteiger partial charge is 0.469 e. The minimum absolute atomic E-state index is 0.0556. The molecule has 0 N–H and O–H groups in total. The van der Waals surface area contributed by atoms with E-state index in [-0.39, 0.29) is 23.8 Å². The molecule has 0 spiro atoms. The first-order valence-electron chi connectivity index (χ1n) is 7.66. The van der Waals surface area contributed by atoms with Crippen molar-refractivity contribution < 1.29 is 23.8 Å². The van der Waals surface area contributed by atoms with E-state index in [0.29, 0.717) is 12.5 Å². The molecule has 5 nitrogen and oxygen atoms in total. The fourth-order valence-corrected chi connectivity index (χ4v) is 2.38. The zero-order chi connectivity index (χ0) is 16.3. The van der Waals surface area contributed by atoms with Gasteiger partial charge in [-0.1, -0.05) is 26.7 Å². The lowest BCUT2D eigenvalue weighted by molar-refractivity contribution is -0.145. The summed E-state index contributed by atoms with van der Waals surface area (Å²) < 4.78 is 13.7. The summed E-state index contributed by atoms with van der Waals surface area (Å²) in [6.45, 7) is 4.51. The van der Waals surface area contributed by atoms with Crippen LogP contribution in [0.1, 0.15) is 46.0 Å². The smallest absolute Gasteiger partial charge is 0.309 e. The molecule has 0 aromatic heterocycles. The minimum atomic E-state index is -0.118. The zero-order valence-electron chi connectivity index (χ0n) is 14.0. The van der Waals surface area contributed by atoms with Crippen LogP contribution in [0.5, 0.6) is 0 Å². The normalized spacial score (nSPS) is 24.3. The third-order valence-corrected chi connectivity index (χ3v) is 3.87. The summed E-state index contributed by atoms with van der Waals surface area (Å²) in [7, 11) is 4.66. The second-order valence-electron chi connectivity index (χ2n) is 5.52. The lowest BCUT2D eigenvalue weighted by Crippen LogP contribution is -2.19. The number of fused-ring (bicyclic) bond motifs is 1. The minimum Gasteiger partial charge on any atom is -0.469 e. The Hall–Kier alpha value is -1.10. The van der Waals surface area contributed by atoms with E-state index in [9.17, 15) is 9.59 Å². The second-order valence-corrected chi connectivity index (χ2v) is 5.52. The molecule has 2 rings (SSSR count). The summed E-state index contributed by atoms with van der Waals surface area (Å²) >= 11 is 0. The first kappa shape index (κ1) is 19.9. The molecule has 0 bridgehead atoms. The molecule has 3 atom stereocenters. The van der Waals surface area contributed by atoms with Crippen LogP contribution in [-0.4, -0.2) is 39.9 Å². The van der Waals surface area contributed by atoms with Crippen molar-refractivity contribution in [3.05, 3.63) is 0 Å². The molecule has 124 valence electrons. The molecule has 0 amide bonds. The molecule has 5 heteroatoms. The number of hydrogen-bond donors (Lipinski definition) is 0. The fraction of sp³-hybridized carbons (Fsp3) is 0.875. The molecule has 0 radical (unpaired) electrons. The van der Waals surface area contributed by atoms with Crippen molar-refractivity contribution >= 4 is 11.9 Å². The van der Waals surface area contributed by atoms with E-state index in [4.69, 9.17) is 4.74 Å². The van der Waals surface area contributed by atoms with Crippen LogP contribution < -0.4 is 0 Å². The average molecular weight is 302 g/mol. The first-order valence-corrected chi connectivity index (χ1v) is 7.66. The van der Waals surface area contributed by atoms with Crippen LogP contribution in [0.25, 0.3) is 0 Å². The van der Waals surface area contributed by atoms with Gasteiger partial charge in [0.1, 0.15) is 0 Å². The van der Waals surface area contributed by atoms with Crippen molar-refractivity contribution in [2.24, 2.45) is 17.8 Å². The van der Waals surface area contributed by atoms with Crippen LogP contribution in [0.15, 0.2) is 0 Å². The third-order valence-electron chi connectivity index (χ3n) is 3.87. The molecule has 1 aliphatic heterocycles. The van der Waals surface area contributed by atoms with Gasteiger partial charge in [0.15, 0.2) is 0 Å². The molecule has 2 aliphatic rings. The summed E-state index contributed by atoms with van der Waals surface area (Å²) in [6.07, 6.45) is 5.64. The monoisotopic (exact) mass is 302 g/mol. The van der Waals surface area contributed by atoms with Crippen molar-refractivity contribution in [3.8, 4) is 0 Å². The van der Waals surface area contributed by atoms with Gasteiger partial charge in [-0.3, -0.25) is 9.59 Å². The van der Waals surface area contributed by atoms with E-state index in [1.807, 2.05) is 13.8 Å². The number of cyclic esters (lactones) is 1. The molecule has 1 saturated carbocycles. The van der Waals surface area contributed by atoms with Crippen LogP contribution >= 0.6 is 0 Å². The highest BCUT2D eigenvalue weighted by atomic mass is 16.5. The molecule has 1 saturated heterocycles. The highest BCUT2D eigenvalue weighted by Gasteiger charge is 2.37. The number of esters is 2. The fourth-order valence-electron chi connectivity index (χ4n) is 2.38. The number of hydrogen-bond acceptors (Lipinski definition) is 5. The van der Waals surface area contributed by atoms with Crippen molar-refractivity contribution in [2.75, 3.05) is 27.9 Å². The zero-order valence-corrected chi connectivity index (χ0v) is 14.0. The van der Waals surface area contributed by atoms with Crippen molar-refractivity contribution in [3.63, 3.8) is 0 Å². The van der Waals surface area contributed by atoms with E-state index < -0.39 is 0 Å². The van der Waals surface area contributed by atoms with E-state index in [2.05, 4.69) is 9.47 Å². The molecule has 0 aromatic rings. The van der Waals surface area contributed by atoms with Crippen LogP contribution in [0.3, 0.4) is 0 Å². The average Bonchev–Trinajstić information content (AvgIpc) is 2.89. The third kappa shape index (κ3) is 7.46. The Kier molecular flexibility index (Phi) is 10.9. The summed E-state index contributed by atoms with van der Waals surface area (Å²) in [4.78, 5) is 21.5. The molecule has 21 heavy (non-hydrogen) atoms. The quantitative estimate of drug-likeness (QED) is 0.734. The maximum atomic E-state index is 11.0. The summed E-state index contributed by atoms with van der Waals surface area (Å²) in [5, 5.41) is 0. The predicted molar refractivity (Wildman–Crippen MR) is 80.8 cm³/mol. The van der Waals surface area contributed by atoms with E-state index in [0.717, 1.165) is 12.8 Å². The van der Waals surface area contributed by atoms with Gasteiger partial charge < -0.3 is 14.2 Å². The molecule has 0 aromatic carbocycles. The van der Waals surface area contributed by atoms with Crippen LogP contribution in [0.4, 0.5) is 0 Å². The van der Waals surface area contributed by atoms with Crippen LogP contribution in [0.2, 0.25) is 0 Å². The highest BCUT2D eigenvalue weighted by Crippen LogP contribution is 2.35. The number of methoxy groups -OCH3 is 2. The highest BCUT2D eigenvalue weighted by molar-refractivity contribution is 5.74. The lowest BCUT2D eigenvalue weighted by atomic mass is 9.81. The van der Waals surface area contributed by atoms with Crippen molar-refractivity contribution in [1.82, 2.24) is 0 Å². The van der Waals surface area contributed by atoms with Gasteiger partial charge in [0.25, 0.3) is 0 Å². The molecule has 1 aliphatic carbocycles. The molecular formula is C16H30O5.